The lowest BCUT2D eigenvalue weighted by Crippen LogP contribution is -2.12. The molecule has 0 aromatic heterocycles. The van der Waals surface area contributed by atoms with Crippen LogP contribution in [-0.4, -0.2) is 13.7 Å². The molecule has 1 atom stereocenters. The number of methoxy groups -OCH3 is 1. The van der Waals surface area contributed by atoms with E-state index >= 15 is 0 Å². The molecule has 0 spiro atoms. The smallest absolute Gasteiger partial charge is 0.119 e. The molecule has 0 aliphatic carbocycles. The van der Waals surface area contributed by atoms with Crippen molar-refractivity contribution in [2.24, 2.45) is 0 Å². The van der Waals surface area contributed by atoms with Gasteiger partial charge in [-0.1, -0.05) is 12.1 Å². The third kappa shape index (κ3) is 1.83. The summed E-state index contributed by atoms with van der Waals surface area (Å²) in [7, 11) is 1.71. The molecule has 1 aromatic carbocycles. The first-order valence-electron chi connectivity index (χ1n) is 4.77. The predicted molar refractivity (Wildman–Crippen MR) is 53.0 cm³/mol. The highest BCUT2D eigenvalue weighted by Gasteiger charge is 2.15. The number of hydrogen-bond acceptors (Lipinski definition) is 2. The van der Waals surface area contributed by atoms with Crippen LogP contribution in [0.1, 0.15) is 24.4 Å². The van der Waals surface area contributed by atoms with Gasteiger partial charge in [0.1, 0.15) is 5.75 Å². The predicted octanol–water partition coefficient (Wildman–Crippen LogP) is 2.12. The molecule has 0 bridgehead atoms. The number of rotatable bonds is 2. The Hall–Kier alpha value is -1.02. The summed E-state index contributed by atoms with van der Waals surface area (Å²) < 4.78 is 5.19. The van der Waals surface area contributed by atoms with Crippen LogP contribution in [0.2, 0.25) is 0 Å². The molecule has 1 heterocycles. The standard InChI is InChI=1S/C11H15NO/c1-13-10-5-2-4-9(8-10)11-6-3-7-12-11/h2,4-5,8,11-12H,3,6-7H2,1H3. The van der Waals surface area contributed by atoms with Gasteiger partial charge in [-0.25, -0.2) is 0 Å². The molecule has 2 heteroatoms. The number of benzene rings is 1. The summed E-state index contributed by atoms with van der Waals surface area (Å²) >= 11 is 0. The van der Waals surface area contributed by atoms with Gasteiger partial charge in [0.05, 0.1) is 7.11 Å². The van der Waals surface area contributed by atoms with Crippen LogP contribution in [0.15, 0.2) is 24.3 Å². The van der Waals surface area contributed by atoms with Crippen molar-refractivity contribution in [3.05, 3.63) is 29.8 Å². The van der Waals surface area contributed by atoms with Crippen molar-refractivity contribution in [3.8, 4) is 5.75 Å². The average Bonchev–Trinajstić information content (AvgIpc) is 2.71. The molecule has 0 radical (unpaired) electrons. The zero-order valence-corrected chi connectivity index (χ0v) is 7.92. The lowest BCUT2D eigenvalue weighted by Gasteiger charge is -2.11. The van der Waals surface area contributed by atoms with E-state index in [0.717, 1.165) is 12.3 Å². The van der Waals surface area contributed by atoms with Gasteiger partial charge in [-0.2, -0.15) is 0 Å². The number of ether oxygens (including phenoxy) is 1. The third-order valence-corrected chi connectivity index (χ3v) is 2.56. The fourth-order valence-corrected chi connectivity index (χ4v) is 1.83. The van der Waals surface area contributed by atoms with Crippen LogP contribution in [0.3, 0.4) is 0 Å². The Morgan fingerprint density at radius 3 is 3.08 bits per heavy atom. The van der Waals surface area contributed by atoms with Gasteiger partial charge in [0, 0.05) is 6.04 Å². The van der Waals surface area contributed by atoms with Gasteiger partial charge in [-0.05, 0) is 37.1 Å². The SMILES string of the molecule is COc1cccc(C2CCCN2)c1. The van der Waals surface area contributed by atoms with Gasteiger partial charge < -0.3 is 10.1 Å². The van der Waals surface area contributed by atoms with E-state index in [0.29, 0.717) is 6.04 Å². The van der Waals surface area contributed by atoms with Crippen LogP contribution in [0, 0.1) is 0 Å². The van der Waals surface area contributed by atoms with Crippen LogP contribution in [0.5, 0.6) is 5.75 Å². The fraction of sp³-hybridized carbons (Fsp3) is 0.455. The maximum Gasteiger partial charge on any atom is 0.119 e. The first-order chi connectivity index (χ1) is 6.40. The summed E-state index contributed by atoms with van der Waals surface area (Å²) in [4.78, 5) is 0. The molecule has 2 rings (SSSR count). The van der Waals surface area contributed by atoms with Crippen molar-refractivity contribution in [2.45, 2.75) is 18.9 Å². The highest BCUT2D eigenvalue weighted by molar-refractivity contribution is 5.30. The molecule has 1 fully saturated rings. The summed E-state index contributed by atoms with van der Waals surface area (Å²) in [5.74, 6) is 0.950. The Bertz CT molecular complexity index is 279. The van der Waals surface area contributed by atoms with E-state index in [9.17, 15) is 0 Å². The molecule has 1 N–H and O–H groups in total. The molecule has 1 aliphatic rings. The first kappa shape index (κ1) is 8.57. The molecule has 2 nitrogen and oxygen atoms in total. The van der Waals surface area contributed by atoms with E-state index in [1.165, 1.54) is 18.4 Å². The van der Waals surface area contributed by atoms with Crippen LogP contribution >= 0.6 is 0 Å². The molecular formula is C11H15NO. The quantitative estimate of drug-likeness (QED) is 0.747. The second-order valence-corrected chi connectivity index (χ2v) is 3.43. The monoisotopic (exact) mass is 177 g/mol. The van der Waals surface area contributed by atoms with Crippen LogP contribution in [-0.2, 0) is 0 Å². The average molecular weight is 177 g/mol. The summed E-state index contributed by atoms with van der Waals surface area (Å²) in [6.07, 6.45) is 2.52. The van der Waals surface area contributed by atoms with Crippen LogP contribution in [0.25, 0.3) is 0 Å². The maximum absolute atomic E-state index is 5.19. The molecular weight excluding hydrogens is 162 g/mol. The Balaban J connectivity index is 2.18. The van der Waals surface area contributed by atoms with E-state index < -0.39 is 0 Å². The normalized spacial score (nSPS) is 21.8. The minimum Gasteiger partial charge on any atom is -0.497 e. The Labute approximate surface area is 78.9 Å². The van der Waals surface area contributed by atoms with Crippen LogP contribution in [0.4, 0.5) is 0 Å². The summed E-state index contributed by atoms with van der Waals surface area (Å²) in [6, 6.07) is 8.84. The molecule has 1 unspecified atom stereocenters. The molecule has 0 saturated carbocycles. The zero-order chi connectivity index (χ0) is 9.10. The van der Waals surface area contributed by atoms with Crippen molar-refractivity contribution >= 4 is 0 Å². The van der Waals surface area contributed by atoms with Crippen molar-refractivity contribution in [1.82, 2.24) is 5.32 Å². The van der Waals surface area contributed by atoms with Crippen molar-refractivity contribution < 1.29 is 4.74 Å². The minimum absolute atomic E-state index is 0.537. The molecule has 1 aromatic rings. The van der Waals surface area contributed by atoms with Gasteiger partial charge >= 0.3 is 0 Å². The molecule has 70 valence electrons. The second kappa shape index (κ2) is 3.79. The fourth-order valence-electron chi connectivity index (χ4n) is 1.83. The van der Waals surface area contributed by atoms with Crippen molar-refractivity contribution in [1.29, 1.82) is 0 Å². The summed E-state index contributed by atoms with van der Waals surface area (Å²) in [6.45, 7) is 1.14. The van der Waals surface area contributed by atoms with Gasteiger partial charge in [0.15, 0.2) is 0 Å². The maximum atomic E-state index is 5.19. The lowest BCUT2D eigenvalue weighted by molar-refractivity contribution is 0.413. The molecule has 13 heavy (non-hydrogen) atoms. The van der Waals surface area contributed by atoms with Crippen LogP contribution < -0.4 is 10.1 Å². The highest BCUT2D eigenvalue weighted by Crippen LogP contribution is 2.25. The lowest BCUT2D eigenvalue weighted by atomic mass is 10.1. The van der Waals surface area contributed by atoms with Gasteiger partial charge in [0.25, 0.3) is 0 Å². The second-order valence-electron chi connectivity index (χ2n) is 3.43. The van der Waals surface area contributed by atoms with E-state index in [2.05, 4.69) is 17.4 Å². The van der Waals surface area contributed by atoms with Gasteiger partial charge in [-0.15, -0.1) is 0 Å². The van der Waals surface area contributed by atoms with Gasteiger partial charge in [0.2, 0.25) is 0 Å². The van der Waals surface area contributed by atoms with Crippen molar-refractivity contribution in [2.75, 3.05) is 13.7 Å². The topological polar surface area (TPSA) is 21.3 Å². The van der Waals surface area contributed by atoms with Crippen molar-refractivity contribution in [3.63, 3.8) is 0 Å². The third-order valence-electron chi connectivity index (χ3n) is 2.56. The number of nitrogens with one attached hydrogen (secondary N) is 1. The van der Waals surface area contributed by atoms with Gasteiger partial charge in [-0.3, -0.25) is 0 Å². The molecule has 1 aliphatic heterocycles. The largest absolute Gasteiger partial charge is 0.497 e. The highest BCUT2D eigenvalue weighted by atomic mass is 16.5. The van der Waals surface area contributed by atoms with E-state index in [1.54, 1.807) is 7.11 Å². The Morgan fingerprint density at radius 2 is 2.38 bits per heavy atom. The molecule has 0 amide bonds. The number of hydrogen-bond donors (Lipinski definition) is 1. The summed E-state index contributed by atoms with van der Waals surface area (Å²) in [5, 5.41) is 3.47. The van der Waals surface area contributed by atoms with E-state index in [-0.39, 0.29) is 0 Å². The summed E-state index contributed by atoms with van der Waals surface area (Å²) in [5.41, 5.74) is 1.34. The first-order valence-corrected chi connectivity index (χ1v) is 4.77. The van der Waals surface area contributed by atoms with E-state index in [1.807, 2.05) is 12.1 Å². The van der Waals surface area contributed by atoms with E-state index in [4.69, 9.17) is 4.74 Å². The minimum atomic E-state index is 0.537. The molecule has 1 saturated heterocycles. The Kier molecular flexibility index (Phi) is 2.50. The zero-order valence-electron chi connectivity index (χ0n) is 7.92. The Morgan fingerprint density at radius 1 is 1.46 bits per heavy atom.